The molecule has 2 aliphatic rings. The lowest BCUT2D eigenvalue weighted by molar-refractivity contribution is -0.130. The predicted molar refractivity (Wildman–Crippen MR) is 109 cm³/mol. The molecule has 2 unspecified atom stereocenters. The molecule has 2 saturated heterocycles. The fourth-order valence-electron chi connectivity index (χ4n) is 3.86. The Labute approximate surface area is 174 Å². The first kappa shape index (κ1) is 20.3. The van der Waals surface area contributed by atoms with E-state index in [9.17, 15) is 4.79 Å². The van der Waals surface area contributed by atoms with Gasteiger partial charge in [0.15, 0.2) is 0 Å². The molecule has 1 N–H and O–H groups in total. The molecule has 9 heteroatoms. The molecule has 156 valence electrons. The third-order valence-electron chi connectivity index (χ3n) is 5.35. The predicted octanol–water partition coefficient (Wildman–Crippen LogP) is 1.53. The summed E-state index contributed by atoms with van der Waals surface area (Å²) < 4.78 is 11.9. The number of aryl methyl sites for hydroxylation is 3. The number of nitrogens with one attached hydrogen (secondary N) is 1. The smallest absolute Gasteiger partial charge is 0.249 e. The van der Waals surface area contributed by atoms with Crippen LogP contribution in [0.1, 0.15) is 33.4 Å². The maximum absolute atomic E-state index is 12.6. The van der Waals surface area contributed by atoms with Gasteiger partial charge in [-0.25, -0.2) is 15.0 Å². The first-order valence-electron chi connectivity index (χ1n) is 9.88. The maximum atomic E-state index is 12.6. The van der Waals surface area contributed by atoms with Gasteiger partial charge < -0.3 is 14.8 Å². The maximum Gasteiger partial charge on any atom is 0.249 e. The first-order chi connectivity index (χ1) is 13.9. The average Bonchev–Trinajstić information content (AvgIpc) is 3.24. The van der Waals surface area contributed by atoms with Gasteiger partial charge in [-0.05, 0) is 26.3 Å². The summed E-state index contributed by atoms with van der Waals surface area (Å²) in [6, 6.07) is 0. The van der Waals surface area contributed by atoms with Crippen molar-refractivity contribution >= 4 is 17.2 Å². The lowest BCUT2D eigenvalue weighted by atomic mass is 9.97. The summed E-state index contributed by atoms with van der Waals surface area (Å²) in [7, 11) is 0. The summed E-state index contributed by atoms with van der Waals surface area (Å²) >= 11 is 1.75. The third kappa shape index (κ3) is 4.80. The molecule has 2 fully saturated rings. The van der Waals surface area contributed by atoms with E-state index in [4.69, 9.17) is 9.47 Å². The highest BCUT2D eigenvalue weighted by Gasteiger charge is 2.46. The Bertz CT molecular complexity index is 872. The van der Waals surface area contributed by atoms with Crippen molar-refractivity contribution in [2.45, 2.75) is 52.0 Å². The van der Waals surface area contributed by atoms with Crippen molar-refractivity contribution in [2.24, 2.45) is 0 Å². The van der Waals surface area contributed by atoms with Gasteiger partial charge in [0.2, 0.25) is 5.91 Å². The molecule has 2 aromatic rings. The summed E-state index contributed by atoms with van der Waals surface area (Å²) in [5.74, 6) is 0.452. The van der Waals surface area contributed by atoms with E-state index in [1.165, 1.54) is 4.88 Å². The molecule has 1 amide bonds. The molecule has 4 rings (SSSR count). The molecule has 29 heavy (non-hydrogen) atoms. The van der Waals surface area contributed by atoms with Crippen molar-refractivity contribution in [2.75, 3.05) is 26.3 Å². The van der Waals surface area contributed by atoms with Crippen LogP contribution in [0.15, 0.2) is 12.4 Å². The van der Waals surface area contributed by atoms with Crippen LogP contribution < -0.4 is 5.32 Å². The van der Waals surface area contributed by atoms with Crippen molar-refractivity contribution in [1.82, 2.24) is 25.2 Å². The molecular weight excluding hydrogens is 390 g/mol. The van der Waals surface area contributed by atoms with Gasteiger partial charge in [0.25, 0.3) is 0 Å². The van der Waals surface area contributed by atoms with Gasteiger partial charge in [-0.2, -0.15) is 0 Å². The summed E-state index contributed by atoms with van der Waals surface area (Å²) in [6.45, 7) is 9.90. The molecule has 2 aliphatic heterocycles. The molecule has 1 spiro atoms. The lowest BCUT2D eigenvalue weighted by Crippen LogP contribution is -2.52. The standard InChI is InChI=1S/C20H27N5O3S/c1-13-7-21-18(22-8-13)9-23-19(26)16-6-20(12-27-16)11-25(4-5-28-20)10-17-14(2)24-15(3)29-17/h7-8,16H,4-6,9-12H2,1-3H3,(H,23,26). The minimum absolute atomic E-state index is 0.138. The van der Waals surface area contributed by atoms with Crippen LogP contribution in [0.5, 0.6) is 0 Å². The normalized spacial score (nSPS) is 24.9. The minimum Gasteiger partial charge on any atom is -0.370 e. The number of thiazole rings is 1. The Hall–Kier alpha value is -1.94. The van der Waals surface area contributed by atoms with Crippen LogP contribution >= 0.6 is 11.3 Å². The Morgan fingerprint density at radius 3 is 2.86 bits per heavy atom. The Morgan fingerprint density at radius 2 is 2.14 bits per heavy atom. The summed E-state index contributed by atoms with van der Waals surface area (Å²) in [4.78, 5) is 29.2. The Balaban J connectivity index is 1.32. The van der Waals surface area contributed by atoms with Crippen LogP contribution in [0.25, 0.3) is 0 Å². The van der Waals surface area contributed by atoms with Crippen molar-refractivity contribution in [3.8, 4) is 0 Å². The number of ether oxygens (including phenoxy) is 2. The number of hydrogen-bond acceptors (Lipinski definition) is 8. The topological polar surface area (TPSA) is 89.5 Å². The SMILES string of the molecule is Cc1cnc(CNC(=O)C2CC3(CO2)CN(Cc2sc(C)nc2C)CCO3)nc1. The van der Waals surface area contributed by atoms with Crippen molar-refractivity contribution in [1.29, 1.82) is 0 Å². The largest absolute Gasteiger partial charge is 0.370 e. The molecule has 2 aromatic heterocycles. The molecule has 0 radical (unpaired) electrons. The van der Waals surface area contributed by atoms with Crippen molar-refractivity contribution < 1.29 is 14.3 Å². The van der Waals surface area contributed by atoms with Crippen LogP contribution in [0, 0.1) is 20.8 Å². The Kier molecular flexibility index (Phi) is 5.91. The van der Waals surface area contributed by atoms with Crippen LogP contribution in [-0.2, 0) is 27.4 Å². The fourth-order valence-corrected chi connectivity index (χ4v) is 4.84. The van der Waals surface area contributed by atoms with E-state index in [2.05, 4.69) is 32.1 Å². The number of nitrogens with zero attached hydrogens (tertiary/aromatic N) is 4. The van der Waals surface area contributed by atoms with Gasteiger partial charge in [0, 0.05) is 43.3 Å². The number of aromatic nitrogens is 3. The van der Waals surface area contributed by atoms with E-state index in [0.717, 1.165) is 35.9 Å². The zero-order valence-corrected chi connectivity index (χ0v) is 17.9. The zero-order valence-electron chi connectivity index (χ0n) is 17.1. The van der Waals surface area contributed by atoms with E-state index in [1.54, 1.807) is 23.7 Å². The minimum atomic E-state index is -0.507. The average molecular weight is 418 g/mol. The number of morpholine rings is 1. The third-order valence-corrected chi connectivity index (χ3v) is 6.40. The summed E-state index contributed by atoms with van der Waals surface area (Å²) in [6.07, 6.45) is 3.54. The second-order valence-electron chi connectivity index (χ2n) is 7.88. The van der Waals surface area contributed by atoms with Gasteiger partial charge in [0.05, 0.1) is 30.5 Å². The molecule has 0 bridgehead atoms. The number of carbonyl (C=O) groups is 1. The van der Waals surface area contributed by atoms with Crippen LogP contribution in [0.2, 0.25) is 0 Å². The molecule has 2 atom stereocenters. The van der Waals surface area contributed by atoms with Crippen molar-refractivity contribution in [3.05, 3.63) is 39.4 Å². The van der Waals surface area contributed by atoms with Gasteiger partial charge in [-0.15, -0.1) is 11.3 Å². The monoisotopic (exact) mass is 417 g/mol. The quantitative estimate of drug-likeness (QED) is 0.789. The zero-order chi connectivity index (χ0) is 20.4. The summed E-state index contributed by atoms with van der Waals surface area (Å²) in [5, 5.41) is 3.98. The number of hydrogen-bond donors (Lipinski definition) is 1. The van der Waals surface area contributed by atoms with Gasteiger partial charge in [-0.1, -0.05) is 0 Å². The molecule has 0 aliphatic carbocycles. The van der Waals surface area contributed by atoms with E-state index in [0.29, 0.717) is 32.0 Å². The molecule has 0 saturated carbocycles. The second kappa shape index (κ2) is 8.43. The molecule has 0 aromatic carbocycles. The van der Waals surface area contributed by atoms with Crippen LogP contribution in [0.4, 0.5) is 0 Å². The number of amides is 1. The van der Waals surface area contributed by atoms with Gasteiger partial charge >= 0.3 is 0 Å². The fraction of sp³-hybridized carbons (Fsp3) is 0.600. The molecule has 8 nitrogen and oxygen atoms in total. The van der Waals surface area contributed by atoms with E-state index >= 15 is 0 Å². The number of rotatable bonds is 5. The van der Waals surface area contributed by atoms with Gasteiger partial charge in [-0.3, -0.25) is 9.69 Å². The second-order valence-corrected chi connectivity index (χ2v) is 9.17. The highest BCUT2D eigenvalue weighted by molar-refractivity contribution is 7.11. The Morgan fingerprint density at radius 1 is 1.34 bits per heavy atom. The lowest BCUT2D eigenvalue weighted by Gasteiger charge is -2.39. The van der Waals surface area contributed by atoms with E-state index < -0.39 is 11.7 Å². The molecular formula is C20H27N5O3S. The van der Waals surface area contributed by atoms with Crippen LogP contribution in [-0.4, -0.2) is 63.8 Å². The first-order valence-corrected chi connectivity index (χ1v) is 10.7. The van der Waals surface area contributed by atoms with Crippen molar-refractivity contribution in [3.63, 3.8) is 0 Å². The number of carbonyl (C=O) groups excluding carboxylic acids is 1. The highest BCUT2D eigenvalue weighted by Crippen LogP contribution is 2.32. The van der Waals surface area contributed by atoms with E-state index in [-0.39, 0.29) is 5.91 Å². The van der Waals surface area contributed by atoms with Gasteiger partial charge in [0.1, 0.15) is 17.5 Å². The highest BCUT2D eigenvalue weighted by atomic mass is 32.1. The molecule has 4 heterocycles. The van der Waals surface area contributed by atoms with Crippen LogP contribution in [0.3, 0.4) is 0 Å². The van der Waals surface area contributed by atoms with E-state index in [1.807, 2.05) is 13.8 Å². The summed E-state index contributed by atoms with van der Waals surface area (Å²) in [5.41, 5.74) is 1.67.